The highest BCUT2D eigenvalue weighted by atomic mass is 16.5. The van der Waals surface area contributed by atoms with Gasteiger partial charge in [-0.15, -0.1) is 0 Å². The van der Waals surface area contributed by atoms with Gasteiger partial charge in [0.15, 0.2) is 0 Å². The molecule has 0 aliphatic carbocycles. The molecule has 1 aliphatic rings. The molecular formula is C27H23NO4. The molecule has 32 heavy (non-hydrogen) atoms. The Morgan fingerprint density at radius 1 is 0.969 bits per heavy atom. The SMILES string of the molecule is CCOc1ccc(/C=C2\C=C(c3ccccc3)N(c3cccc(C(=O)OC)c3)C2=O)cc1. The third-order valence-electron chi connectivity index (χ3n) is 5.09. The number of ether oxygens (including phenoxy) is 2. The zero-order valence-corrected chi connectivity index (χ0v) is 17.9. The molecule has 1 heterocycles. The molecular weight excluding hydrogens is 402 g/mol. The highest BCUT2D eigenvalue weighted by Gasteiger charge is 2.30. The van der Waals surface area contributed by atoms with E-state index in [-0.39, 0.29) is 5.91 Å². The number of nitrogens with zero attached hydrogens (tertiary/aromatic N) is 1. The Morgan fingerprint density at radius 3 is 2.41 bits per heavy atom. The lowest BCUT2D eigenvalue weighted by Gasteiger charge is -2.21. The summed E-state index contributed by atoms with van der Waals surface area (Å²) in [7, 11) is 1.34. The first kappa shape index (κ1) is 21.1. The smallest absolute Gasteiger partial charge is 0.337 e. The molecule has 1 amide bonds. The van der Waals surface area contributed by atoms with Gasteiger partial charge >= 0.3 is 5.97 Å². The normalized spacial score (nSPS) is 14.4. The van der Waals surface area contributed by atoms with Crippen LogP contribution in [0.5, 0.6) is 5.75 Å². The lowest BCUT2D eigenvalue weighted by Crippen LogP contribution is -2.25. The number of benzene rings is 3. The van der Waals surface area contributed by atoms with Crippen molar-refractivity contribution in [3.63, 3.8) is 0 Å². The van der Waals surface area contributed by atoms with Crippen LogP contribution < -0.4 is 9.64 Å². The summed E-state index contributed by atoms with van der Waals surface area (Å²) in [5, 5.41) is 0. The molecule has 0 radical (unpaired) electrons. The van der Waals surface area contributed by atoms with Crippen LogP contribution in [0.15, 0.2) is 90.5 Å². The Morgan fingerprint density at radius 2 is 1.72 bits per heavy atom. The first-order valence-corrected chi connectivity index (χ1v) is 10.3. The van der Waals surface area contributed by atoms with Gasteiger partial charge in [0, 0.05) is 5.57 Å². The molecule has 0 saturated heterocycles. The fourth-order valence-corrected chi connectivity index (χ4v) is 3.59. The molecule has 0 aromatic heterocycles. The molecule has 0 spiro atoms. The number of hydrogen-bond donors (Lipinski definition) is 0. The molecule has 1 aliphatic heterocycles. The second-order valence-electron chi connectivity index (χ2n) is 7.18. The van der Waals surface area contributed by atoms with Crippen LogP contribution >= 0.6 is 0 Å². The molecule has 0 N–H and O–H groups in total. The van der Waals surface area contributed by atoms with Gasteiger partial charge < -0.3 is 9.47 Å². The van der Waals surface area contributed by atoms with Crippen LogP contribution in [-0.4, -0.2) is 25.6 Å². The van der Waals surface area contributed by atoms with Gasteiger partial charge in [-0.25, -0.2) is 4.79 Å². The first-order chi connectivity index (χ1) is 15.6. The number of carbonyl (C=O) groups excluding carboxylic acids is 2. The topological polar surface area (TPSA) is 55.8 Å². The van der Waals surface area contributed by atoms with E-state index in [1.54, 1.807) is 29.2 Å². The van der Waals surface area contributed by atoms with E-state index in [1.807, 2.05) is 73.7 Å². The summed E-state index contributed by atoms with van der Waals surface area (Å²) in [6, 6.07) is 24.2. The Bertz CT molecular complexity index is 1190. The highest BCUT2D eigenvalue weighted by Crippen LogP contribution is 2.35. The van der Waals surface area contributed by atoms with Crippen molar-refractivity contribution in [1.82, 2.24) is 0 Å². The Hall–Kier alpha value is -4.12. The van der Waals surface area contributed by atoms with E-state index in [0.717, 1.165) is 22.6 Å². The number of amides is 1. The number of hydrogen-bond acceptors (Lipinski definition) is 4. The minimum Gasteiger partial charge on any atom is -0.494 e. The minimum absolute atomic E-state index is 0.167. The molecule has 5 nitrogen and oxygen atoms in total. The van der Waals surface area contributed by atoms with E-state index in [1.165, 1.54) is 7.11 Å². The van der Waals surface area contributed by atoms with Crippen molar-refractivity contribution in [2.75, 3.05) is 18.6 Å². The van der Waals surface area contributed by atoms with Gasteiger partial charge in [-0.1, -0.05) is 48.5 Å². The second-order valence-corrected chi connectivity index (χ2v) is 7.18. The van der Waals surface area contributed by atoms with Crippen LogP contribution in [0.3, 0.4) is 0 Å². The maximum absolute atomic E-state index is 13.5. The van der Waals surface area contributed by atoms with Crippen molar-refractivity contribution in [1.29, 1.82) is 0 Å². The third-order valence-corrected chi connectivity index (χ3v) is 5.09. The fourth-order valence-electron chi connectivity index (χ4n) is 3.59. The van der Waals surface area contributed by atoms with Crippen molar-refractivity contribution in [3.8, 4) is 5.75 Å². The van der Waals surface area contributed by atoms with Crippen LogP contribution in [-0.2, 0) is 9.53 Å². The summed E-state index contributed by atoms with van der Waals surface area (Å²) in [5.41, 5.74) is 4.08. The summed E-state index contributed by atoms with van der Waals surface area (Å²) in [5.74, 6) is 0.169. The van der Waals surface area contributed by atoms with Gasteiger partial charge in [-0.05, 0) is 60.5 Å². The summed E-state index contributed by atoms with van der Waals surface area (Å²) in [6.45, 7) is 2.54. The first-order valence-electron chi connectivity index (χ1n) is 10.3. The molecule has 0 unspecified atom stereocenters. The molecule has 0 atom stereocenters. The zero-order chi connectivity index (χ0) is 22.5. The molecule has 0 saturated carbocycles. The van der Waals surface area contributed by atoms with E-state index in [0.29, 0.717) is 23.4 Å². The van der Waals surface area contributed by atoms with E-state index < -0.39 is 5.97 Å². The standard InChI is InChI=1S/C27H23NO4/c1-3-32-24-14-12-19(13-15-24)16-22-18-25(20-8-5-4-6-9-20)28(26(22)29)23-11-7-10-21(17-23)27(30)31-2/h4-18H,3H2,1-2H3/b22-16+. The van der Waals surface area contributed by atoms with Gasteiger partial charge in [0.1, 0.15) is 5.75 Å². The molecule has 4 rings (SSSR count). The van der Waals surface area contributed by atoms with Crippen molar-refractivity contribution in [2.45, 2.75) is 6.92 Å². The van der Waals surface area contributed by atoms with Gasteiger partial charge in [0.05, 0.1) is 30.7 Å². The lowest BCUT2D eigenvalue weighted by atomic mass is 10.1. The van der Waals surface area contributed by atoms with Gasteiger partial charge in [-0.2, -0.15) is 0 Å². The fraction of sp³-hybridized carbons (Fsp3) is 0.111. The number of methoxy groups -OCH3 is 1. The quantitative estimate of drug-likeness (QED) is 0.395. The summed E-state index contributed by atoms with van der Waals surface area (Å²) in [6.07, 6.45) is 3.73. The third kappa shape index (κ3) is 4.32. The largest absolute Gasteiger partial charge is 0.494 e. The number of carbonyl (C=O) groups is 2. The summed E-state index contributed by atoms with van der Waals surface area (Å²) < 4.78 is 10.3. The predicted octanol–water partition coefficient (Wildman–Crippen LogP) is 5.34. The van der Waals surface area contributed by atoms with Gasteiger partial charge in [0.25, 0.3) is 5.91 Å². The van der Waals surface area contributed by atoms with Crippen molar-refractivity contribution in [2.24, 2.45) is 0 Å². The van der Waals surface area contributed by atoms with Crippen LogP contribution in [0.2, 0.25) is 0 Å². The van der Waals surface area contributed by atoms with E-state index in [9.17, 15) is 9.59 Å². The van der Waals surface area contributed by atoms with Crippen LogP contribution in [0.1, 0.15) is 28.4 Å². The molecule has 3 aromatic rings. The van der Waals surface area contributed by atoms with Crippen LogP contribution in [0, 0.1) is 0 Å². The molecule has 160 valence electrons. The van der Waals surface area contributed by atoms with E-state index >= 15 is 0 Å². The zero-order valence-electron chi connectivity index (χ0n) is 17.9. The van der Waals surface area contributed by atoms with Gasteiger partial charge in [0.2, 0.25) is 0 Å². The Labute approximate surface area is 187 Å². The van der Waals surface area contributed by atoms with Crippen LogP contribution in [0.25, 0.3) is 11.8 Å². The minimum atomic E-state index is -0.450. The molecule has 0 bridgehead atoms. The van der Waals surface area contributed by atoms with Crippen molar-refractivity contribution in [3.05, 3.63) is 107 Å². The number of rotatable bonds is 6. The van der Waals surface area contributed by atoms with E-state index in [4.69, 9.17) is 9.47 Å². The predicted molar refractivity (Wildman–Crippen MR) is 125 cm³/mol. The maximum Gasteiger partial charge on any atom is 0.337 e. The average molecular weight is 425 g/mol. The van der Waals surface area contributed by atoms with E-state index in [2.05, 4.69) is 0 Å². The Balaban J connectivity index is 1.76. The number of esters is 1. The highest BCUT2D eigenvalue weighted by molar-refractivity contribution is 6.23. The molecule has 3 aromatic carbocycles. The van der Waals surface area contributed by atoms with Crippen LogP contribution in [0.4, 0.5) is 5.69 Å². The van der Waals surface area contributed by atoms with Crippen molar-refractivity contribution < 1.29 is 19.1 Å². The number of anilines is 1. The van der Waals surface area contributed by atoms with Crippen molar-refractivity contribution >= 4 is 29.3 Å². The monoisotopic (exact) mass is 425 g/mol. The lowest BCUT2D eigenvalue weighted by molar-refractivity contribution is -0.113. The van der Waals surface area contributed by atoms with Gasteiger partial charge in [-0.3, -0.25) is 9.69 Å². The summed E-state index contributed by atoms with van der Waals surface area (Å²) >= 11 is 0. The summed E-state index contributed by atoms with van der Waals surface area (Å²) in [4.78, 5) is 27.1. The Kier molecular flexibility index (Phi) is 6.17. The maximum atomic E-state index is 13.5. The second kappa shape index (κ2) is 9.35. The molecule has 5 heteroatoms. The molecule has 0 fully saturated rings. The average Bonchev–Trinajstić information content (AvgIpc) is 3.16.